The van der Waals surface area contributed by atoms with Crippen molar-refractivity contribution in [3.05, 3.63) is 71.5 Å². The Morgan fingerprint density at radius 1 is 1.12 bits per heavy atom. The van der Waals surface area contributed by atoms with Crippen LogP contribution in [0.15, 0.2) is 60.4 Å². The number of carbonyl (C=O) groups excluding carboxylic acids is 1. The first-order chi connectivity index (χ1) is 12.2. The molecule has 0 aromatic heterocycles. The Morgan fingerprint density at radius 3 is 2.48 bits per heavy atom. The fraction of sp³-hybridized carbons (Fsp3) is 0.286. The molecule has 0 spiro atoms. The smallest absolute Gasteiger partial charge is 0.415 e. The van der Waals surface area contributed by atoms with Crippen molar-refractivity contribution in [2.45, 2.75) is 25.8 Å². The van der Waals surface area contributed by atoms with Gasteiger partial charge in [-0.05, 0) is 35.8 Å². The van der Waals surface area contributed by atoms with E-state index in [0.29, 0.717) is 12.3 Å². The van der Waals surface area contributed by atoms with Gasteiger partial charge in [0.25, 0.3) is 0 Å². The largest absolute Gasteiger partial charge is 0.497 e. The summed E-state index contributed by atoms with van der Waals surface area (Å²) >= 11 is 0. The second kappa shape index (κ2) is 7.88. The van der Waals surface area contributed by atoms with E-state index >= 15 is 0 Å². The van der Waals surface area contributed by atoms with Crippen LogP contribution in [-0.4, -0.2) is 24.6 Å². The monoisotopic (exact) mass is 337 g/mol. The molecule has 3 rings (SSSR count). The number of methoxy groups -OCH3 is 1. The van der Waals surface area contributed by atoms with Crippen LogP contribution in [0.4, 0.5) is 4.79 Å². The minimum absolute atomic E-state index is 0.178. The van der Waals surface area contributed by atoms with Crippen LogP contribution in [0.3, 0.4) is 0 Å². The molecule has 1 heterocycles. The van der Waals surface area contributed by atoms with Crippen molar-refractivity contribution in [1.29, 1.82) is 0 Å². The minimum Gasteiger partial charge on any atom is -0.497 e. The summed E-state index contributed by atoms with van der Waals surface area (Å²) in [6.45, 7) is 2.81. The first-order valence-corrected chi connectivity index (χ1v) is 8.62. The molecule has 130 valence electrons. The molecule has 0 saturated carbocycles. The Kier molecular flexibility index (Phi) is 5.39. The minimum atomic E-state index is -0.276. The third-order valence-corrected chi connectivity index (χ3v) is 4.31. The number of nitrogens with zero attached hydrogens (tertiary/aromatic N) is 1. The van der Waals surface area contributed by atoms with Gasteiger partial charge < -0.3 is 9.47 Å². The predicted octanol–water partition coefficient (Wildman–Crippen LogP) is 5.03. The zero-order valence-electron chi connectivity index (χ0n) is 14.6. The molecule has 1 atom stereocenters. The van der Waals surface area contributed by atoms with E-state index in [-0.39, 0.29) is 12.1 Å². The Morgan fingerprint density at radius 2 is 1.84 bits per heavy atom. The van der Waals surface area contributed by atoms with Gasteiger partial charge in [-0.1, -0.05) is 55.8 Å². The van der Waals surface area contributed by atoms with Gasteiger partial charge in [0, 0.05) is 6.54 Å². The average molecular weight is 337 g/mol. The highest BCUT2D eigenvalue weighted by Crippen LogP contribution is 2.37. The van der Waals surface area contributed by atoms with Gasteiger partial charge in [-0.3, -0.25) is 4.90 Å². The van der Waals surface area contributed by atoms with Crippen LogP contribution in [0, 0.1) is 0 Å². The van der Waals surface area contributed by atoms with Crippen LogP contribution in [0.25, 0.3) is 6.08 Å². The summed E-state index contributed by atoms with van der Waals surface area (Å²) in [5, 5.41) is 0. The first-order valence-electron chi connectivity index (χ1n) is 8.62. The van der Waals surface area contributed by atoms with Gasteiger partial charge in [0.15, 0.2) is 0 Å². The third-order valence-electron chi connectivity index (χ3n) is 4.31. The summed E-state index contributed by atoms with van der Waals surface area (Å²) in [7, 11) is 1.64. The van der Waals surface area contributed by atoms with Gasteiger partial charge in [-0.25, -0.2) is 4.79 Å². The Labute approximate surface area is 148 Å². The van der Waals surface area contributed by atoms with Gasteiger partial charge in [-0.15, -0.1) is 0 Å². The van der Waals surface area contributed by atoms with Crippen molar-refractivity contribution in [3.8, 4) is 5.75 Å². The number of benzene rings is 2. The van der Waals surface area contributed by atoms with Gasteiger partial charge >= 0.3 is 6.09 Å². The Hall–Kier alpha value is -2.75. The van der Waals surface area contributed by atoms with Gasteiger partial charge in [0.2, 0.25) is 0 Å². The zero-order valence-corrected chi connectivity index (χ0v) is 14.6. The molecule has 4 heteroatoms. The van der Waals surface area contributed by atoms with Crippen molar-refractivity contribution >= 4 is 12.2 Å². The van der Waals surface area contributed by atoms with Crippen molar-refractivity contribution < 1.29 is 14.3 Å². The highest BCUT2D eigenvalue weighted by atomic mass is 16.6. The lowest BCUT2D eigenvalue weighted by Crippen LogP contribution is -2.28. The maximum atomic E-state index is 12.4. The summed E-state index contributed by atoms with van der Waals surface area (Å²) in [4.78, 5) is 14.2. The van der Waals surface area contributed by atoms with Crippen molar-refractivity contribution in [1.82, 2.24) is 4.90 Å². The number of ether oxygens (including phenoxy) is 2. The van der Waals surface area contributed by atoms with E-state index in [1.54, 1.807) is 7.11 Å². The third kappa shape index (κ3) is 3.85. The van der Waals surface area contributed by atoms with Crippen molar-refractivity contribution in [2.24, 2.45) is 0 Å². The molecular weight excluding hydrogens is 314 g/mol. The number of amides is 1. The summed E-state index contributed by atoms with van der Waals surface area (Å²) in [6, 6.07) is 17.5. The van der Waals surface area contributed by atoms with E-state index in [1.165, 1.54) is 0 Å². The van der Waals surface area contributed by atoms with Gasteiger partial charge in [0.1, 0.15) is 17.6 Å². The molecule has 1 saturated heterocycles. The van der Waals surface area contributed by atoms with Gasteiger partial charge in [0.05, 0.1) is 7.11 Å². The topological polar surface area (TPSA) is 38.8 Å². The molecule has 1 aliphatic rings. The Bertz CT molecular complexity index is 737. The summed E-state index contributed by atoms with van der Waals surface area (Å²) in [5.41, 5.74) is 2.03. The molecule has 0 N–H and O–H groups in total. The molecule has 0 aliphatic carbocycles. The number of hydrogen-bond acceptors (Lipinski definition) is 3. The van der Waals surface area contributed by atoms with E-state index in [0.717, 1.165) is 29.7 Å². The van der Waals surface area contributed by atoms with E-state index in [2.05, 4.69) is 6.92 Å². The van der Waals surface area contributed by atoms with Crippen molar-refractivity contribution in [2.75, 3.05) is 13.7 Å². The normalized spacial score (nSPS) is 18.5. The zero-order chi connectivity index (χ0) is 17.6. The van der Waals surface area contributed by atoms with E-state index in [1.807, 2.05) is 65.6 Å². The van der Waals surface area contributed by atoms with Crippen LogP contribution in [-0.2, 0) is 4.74 Å². The van der Waals surface area contributed by atoms with E-state index < -0.39 is 0 Å². The highest BCUT2D eigenvalue weighted by Gasteiger charge is 2.38. The molecule has 1 amide bonds. The number of rotatable bonds is 6. The second-order valence-electron chi connectivity index (χ2n) is 6.05. The van der Waals surface area contributed by atoms with Crippen LogP contribution >= 0.6 is 0 Å². The number of unbranched alkanes of at least 4 members (excludes halogenated alkanes) is 1. The van der Waals surface area contributed by atoms with Crippen LogP contribution in [0.1, 0.15) is 36.9 Å². The molecule has 2 aromatic carbocycles. The summed E-state index contributed by atoms with van der Waals surface area (Å²) < 4.78 is 10.8. The SMILES string of the molecule is CCCCN1C(=O)OC(=Cc2ccc(OC)cc2)C1c1ccccc1. The quantitative estimate of drug-likeness (QED) is 0.742. The maximum Gasteiger partial charge on any atom is 0.415 e. The molecular formula is C21H23NO3. The molecule has 4 nitrogen and oxygen atoms in total. The molecule has 1 fully saturated rings. The number of carbonyl (C=O) groups is 1. The summed E-state index contributed by atoms with van der Waals surface area (Å²) in [5.74, 6) is 1.47. The predicted molar refractivity (Wildman–Crippen MR) is 98.2 cm³/mol. The number of hydrogen-bond donors (Lipinski definition) is 0. The fourth-order valence-corrected chi connectivity index (χ4v) is 2.98. The highest BCUT2D eigenvalue weighted by molar-refractivity contribution is 5.76. The van der Waals surface area contributed by atoms with E-state index in [9.17, 15) is 4.79 Å². The molecule has 1 unspecified atom stereocenters. The summed E-state index contributed by atoms with van der Waals surface area (Å²) in [6.07, 6.45) is 3.64. The first kappa shape index (κ1) is 17.1. The molecule has 2 aromatic rings. The fourth-order valence-electron chi connectivity index (χ4n) is 2.98. The maximum absolute atomic E-state index is 12.4. The van der Waals surface area contributed by atoms with Crippen molar-refractivity contribution in [3.63, 3.8) is 0 Å². The molecule has 0 radical (unpaired) electrons. The lowest BCUT2D eigenvalue weighted by molar-refractivity contribution is 0.164. The van der Waals surface area contributed by atoms with Crippen LogP contribution < -0.4 is 4.74 Å². The molecule has 1 aliphatic heterocycles. The second-order valence-corrected chi connectivity index (χ2v) is 6.05. The average Bonchev–Trinajstić information content (AvgIpc) is 2.96. The van der Waals surface area contributed by atoms with Crippen LogP contribution in [0.2, 0.25) is 0 Å². The van der Waals surface area contributed by atoms with Crippen LogP contribution in [0.5, 0.6) is 5.75 Å². The lowest BCUT2D eigenvalue weighted by atomic mass is 10.0. The lowest BCUT2D eigenvalue weighted by Gasteiger charge is -2.21. The van der Waals surface area contributed by atoms with E-state index in [4.69, 9.17) is 9.47 Å². The Balaban J connectivity index is 1.95. The molecule has 0 bridgehead atoms. The standard InChI is InChI=1S/C21H23NO3/c1-3-4-14-22-20(17-8-6-5-7-9-17)19(25-21(22)23)15-16-10-12-18(24-2)13-11-16/h5-13,15,20H,3-4,14H2,1-2H3. The number of cyclic esters (lactones) is 1. The molecule has 25 heavy (non-hydrogen) atoms. The van der Waals surface area contributed by atoms with Gasteiger partial charge in [-0.2, -0.15) is 0 Å².